The van der Waals surface area contributed by atoms with Gasteiger partial charge in [0.05, 0.1) is 31.9 Å². The Kier molecular flexibility index (Phi) is 5.73. The van der Waals surface area contributed by atoms with Gasteiger partial charge in [0.1, 0.15) is 22.5 Å². The molecule has 0 atom stereocenters. The number of ether oxygens (including phenoxy) is 2. The average Bonchev–Trinajstić information content (AvgIpc) is 3.25. The quantitative estimate of drug-likeness (QED) is 0.655. The van der Waals surface area contributed by atoms with Gasteiger partial charge in [-0.1, -0.05) is 0 Å². The molecular weight excluding hydrogens is 416 g/mol. The summed E-state index contributed by atoms with van der Waals surface area (Å²) in [7, 11) is 3.20. The van der Waals surface area contributed by atoms with Crippen molar-refractivity contribution in [2.75, 3.05) is 20.8 Å². The molecule has 1 N–H and O–H groups in total. The lowest BCUT2D eigenvalue weighted by Gasteiger charge is -2.29. The van der Waals surface area contributed by atoms with Crippen molar-refractivity contribution in [2.45, 2.75) is 19.4 Å². The van der Waals surface area contributed by atoms with Gasteiger partial charge >= 0.3 is 0 Å². The van der Waals surface area contributed by atoms with E-state index in [1.54, 1.807) is 19.6 Å². The van der Waals surface area contributed by atoms with Crippen molar-refractivity contribution < 1.29 is 19.4 Å². The van der Waals surface area contributed by atoms with E-state index < -0.39 is 0 Å². The van der Waals surface area contributed by atoms with Gasteiger partial charge in [0, 0.05) is 30.7 Å². The van der Waals surface area contributed by atoms with Crippen LogP contribution >= 0.6 is 11.3 Å². The first-order chi connectivity index (χ1) is 15.0. The Morgan fingerprint density at radius 2 is 2.00 bits per heavy atom. The number of carbonyl (C=O) groups is 1. The standard InChI is InChI=1S/C22H20N4O4S/c1-29-18-6-14-3-4-26(11-15(14)7-19(18)30-2)20(28)8-16-12-31-22(25-16)21-17(27)5-13(9-23)10-24-21/h5-7,10,12,27H,3-4,8,11H2,1-2H3. The topological polar surface area (TPSA) is 109 Å². The molecule has 8 nitrogen and oxygen atoms in total. The van der Waals surface area contributed by atoms with E-state index in [0.717, 1.165) is 17.5 Å². The average molecular weight is 436 g/mol. The van der Waals surface area contributed by atoms with E-state index >= 15 is 0 Å². The van der Waals surface area contributed by atoms with Gasteiger partial charge in [0.25, 0.3) is 0 Å². The zero-order valence-corrected chi connectivity index (χ0v) is 17.9. The highest BCUT2D eigenvalue weighted by Gasteiger charge is 2.24. The fraction of sp³-hybridized carbons (Fsp3) is 0.273. The number of thiazole rings is 1. The minimum atomic E-state index is -0.108. The summed E-state index contributed by atoms with van der Waals surface area (Å²) >= 11 is 1.30. The number of aromatic nitrogens is 2. The van der Waals surface area contributed by atoms with Crippen LogP contribution in [0.4, 0.5) is 0 Å². The highest BCUT2D eigenvalue weighted by molar-refractivity contribution is 7.13. The molecule has 2 aromatic heterocycles. The molecule has 1 amide bonds. The van der Waals surface area contributed by atoms with Crippen molar-refractivity contribution in [3.05, 3.63) is 52.2 Å². The Balaban J connectivity index is 1.47. The largest absolute Gasteiger partial charge is 0.506 e. The normalized spacial score (nSPS) is 12.7. The number of nitriles is 1. The van der Waals surface area contributed by atoms with Crippen molar-refractivity contribution in [2.24, 2.45) is 0 Å². The zero-order valence-electron chi connectivity index (χ0n) is 17.1. The number of benzene rings is 1. The van der Waals surface area contributed by atoms with Crippen molar-refractivity contribution in [1.82, 2.24) is 14.9 Å². The Morgan fingerprint density at radius 3 is 2.68 bits per heavy atom. The molecule has 31 heavy (non-hydrogen) atoms. The van der Waals surface area contributed by atoms with Crippen LogP contribution in [0.1, 0.15) is 22.4 Å². The van der Waals surface area contributed by atoms with Crippen LogP contribution in [-0.4, -0.2) is 46.6 Å². The molecule has 0 aliphatic carbocycles. The first-order valence-electron chi connectivity index (χ1n) is 9.57. The van der Waals surface area contributed by atoms with Crippen molar-refractivity contribution in [3.63, 3.8) is 0 Å². The molecule has 1 aliphatic heterocycles. The van der Waals surface area contributed by atoms with Gasteiger partial charge < -0.3 is 19.5 Å². The zero-order chi connectivity index (χ0) is 22.0. The lowest BCUT2D eigenvalue weighted by Crippen LogP contribution is -2.37. The molecule has 1 aliphatic rings. The van der Waals surface area contributed by atoms with Crippen molar-refractivity contribution in [1.29, 1.82) is 5.26 Å². The molecule has 3 aromatic rings. The van der Waals surface area contributed by atoms with E-state index in [-0.39, 0.29) is 23.6 Å². The maximum atomic E-state index is 12.9. The highest BCUT2D eigenvalue weighted by Crippen LogP contribution is 2.34. The van der Waals surface area contributed by atoms with Gasteiger partial charge in [-0.25, -0.2) is 9.97 Å². The molecule has 0 radical (unpaired) electrons. The van der Waals surface area contributed by atoms with E-state index in [1.807, 2.05) is 23.1 Å². The molecule has 0 fully saturated rings. The summed E-state index contributed by atoms with van der Waals surface area (Å²) < 4.78 is 10.7. The molecule has 0 saturated heterocycles. The number of methoxy groups -OCH3 is 2. The molecule has 4 rings (SSSR count). The molecule has 0 saturated carbocycles. The summed E-state index contributed by atoms with van der Waals surface area (Å²) in [5, 5.41) is 21.3. The van der Waals surface area contributed by atoms with E-state index in [0.29, 0.717) is 41.0 Å². The van der Waals surface area contributed by atoms with Crippen LogP contribution in [0, 0.1) is 11.3 Å². The summed E-state index contributed by atoms with van der Waals surface area (Å²) in [6.07, 6.45) is 2.29. The van der Waals surface area contributed by atoms with Gasteiger partial charge in [0.2, 0.25) is 5.91 Å². The van der Waals surface area contributed by atoms with E-state index in [2.05, 4.69) is 9.97 Å². The smallest absolute Gasteiger partial charge is 0.228 e. The third-order valence-corrected chi connectivity index (χ3v) is 6.05. The van der Waals surface area contributed by atoms with Crippen molar-refractivity contribution >= 4 is 17.2 Å². The molecule has 0 unspecified atom stereocenters. The van der Waals surface area contributed by atoms with Crippen LogP contribution in [0.15, 0.2) is 29.8 Å². The Bertz CT molecular complexity index is 1180. The first kappa shape index (κ1) is 20.6. The number of carbonyl (C=O) groups excluding carboxylic acids is 1. The number of pyridine rings is 1. The fourth-order valence-corrected chi connectivity index (χ4v) is 4.36. The number of fused-ring (bicyclic) bond motifs is 1. The molecule has 0 spiro atoms. The predicted octanol–water partition coefficient (Wildman–Crippen LogP) is 2.93. The molecule has 158 valence electrons. The lowest BCUT2D eigenvalue weighted by molar-refractivity contribution is -0.131. The summed E-state index contributed by atoms with van der Waals surface area (Å²) in [6, 6.07) is 7.18. The third-order valence-electron chi connectivity index (χ3n) is 5.15. The SMILES string of the molecule is COc1cc2c(cc1OC)CN(C(=O)Cc1csc(-c3ncc(C#N)cc3O)n1)CC2. The van der Waals surface area contributed by atoms with Crippen LogP contribution in [0.2, 0.25) is 0 Å². The number of amides is 1. The second-order valence-corrected chi connectivity index (χ2v) is 7.92. The molecule has 0 bridgehead atoms. The van der Waals surface area contributed by atoms with Crippen LogP contribution in [0.5, 0.6) is 17.2 Å². The maximum absolute atomic E-state index is 12.9. The monoisotopic (exact) mass is 436 g/mol. The Morgan fingerprint density at radius 1 is 1.26 bits per heavy atom. The van der Waals surface area contributed by atoms with E-state index in [9.17, 15) is 9.90 Å². The number of hydrogen-bond donors (Lipinski definition) is 1. The minimum absolute atomic E-state index is 0.0192. The minimum Gasteiger partial charge on any atom is -0.506 e. The fourth-order valence-electron chi connectivity index (χ4n) is 3.54. The number of hydrogen-bond acceptors (Lipinski definition) is 8. The highest BCUT2D eigenvalue weighted by atomic mass is 32.1. The third kappa shape index (κ3) is 4.15. The van der Waals surface area contributed by atoms with Crippen molar-refractivity contribution in [3.8, 4) is 34.0 Å². The molecular formula is C22H20N4O4S. The van der Waals surface area contributed by atoms with E-state index in [4.69, 9.17) is 14.7 Å². The van der Waals surface area contributed by atoms with Gasteiger partial charge in [-0.3, -0.25) is 4.79 Å². The maximum Gasteiger partial charge on any atom is 0.228 e. The number of nitrogens with zero attached hydrogens (tertiary/aromatic N) is 4. The van der Waals surface area contributed by atoms with Crippen LogP contribution in [-0.2, 0) is 24.2 Å². The van der Waals surface area contributed by atoms with E-state index in [1.165, 1.54) is 23.6 Å². The number of aromatic hydroxyl groups is 1. The second-order valence-electron chi connectivity index (χ2n) is 7.07. The summed E-state index contributed by atoms with van der Waals surface area (Å²) in [6.45, 7) is 1.12. The summed E-state index contributed by atoms with van der Waals surface area (Å²) in [5.74, 6) is 1.21. The van der Waals surface area contributed by atoms with Gasteiger partial charge in [-0.2, -0.15) is 5.26 Å². The van der Waals surface area contributed by atoms with Gasteiger partial charge in [-0.15, -0.1) is 11.3 Å². The molecule has 1 aromatic carbocycles. The predicted molar refractivity (Wildman–Crippen MR) is 114 cm³/mol. The molecule has 9 heteroatoms. The van der Waals surface area contributed by atoms with Gasteiger partial charge in [-0.05, 0) is 29.7 Å². The van der Waals surface area contributed by atoms with Crippen LogP contribution < -0.4 is 9.47 Å². The van der Waals surface area contributed by atoms with Gasteiger partial charge in [0.15, 0.2) is 11.5 Å². The van der Waals surface area contributed by atoms with Crippen LogP contribution in [0.25, 0.3) is 10.7 Å². The first-order valence-corrected chi connectivity index (χ1v) is 10.5. The number of rotatable bonds is 5. The van der Waals surface area contributed by atoms with Crippen LogP contribution in [0.3, 0.4) is 0 Å². The Hall–Kier alpha value is -3.64. The summed E-state index contributed by atoms with van der Waals surface area (Å²) in [4.78, 5) is 23.3. The molecule has 3 heterocycles. The Labute approximate surface area is 183 Å². The second kappa shape index (κ2) is 8.62. The summed E-state index contributed by atoms with van der Waals surface area (Å²) in [5.41, 5.74) is 3.39. The lowest BCUT2D eigenvalue weighted by atomic mass is 9.98.